The monoisotopic (exact) mass is 312 g/mol. The Morgan fingerprint density at radius 2 is 1.85 bits per heavy atom. The van der Waals surface area contributed by atoms with Gasteiger partial charge in [-0.3, -0.25) is 4.79 Å². The third kappa shape index (κ3) is 3.30. The molecule has 0 saturated carbocycles. The molecule has 2 nitrogen and oxygen atoms in total. The van der Waals surface area contributed by atoms with E-state index in [0.29, 0.717) is 21.2 Å². The van der Waals surface area contributed by atoms with Crippen molar-refractivity contribution in [2.45, 2.75) is 12.3 Å². The molecule has 20 heavy (non-hydrogen) atoms. The summed E-state index contributed by atoms with van der Waals surface area (Å²) in [5.41, 5.74) is 0.931. The standard InChI is InChI=1S/C15H11Cl2FO2/c16-13-6-5-10(18)7-9(13)8-12(15(19)20)11-3-1-2-4-14(11)17/h1-7,12H,8H2,(H,19,20). The first-order chi connectivity index (χ1) is 9.49. The van der Waals surface area contributed by atoms with Gasteiger partial charge in [0.1, 0.15) is 5.82 Å². The summed E-state index contributed by atoms with van der Waals surface area (Å²) in [5, 5.41) is 10.1. The van der Waals surface area contributed by atoms with E-state index < -0.39 is 17.7 Å². The van der Waals surface area contributed by atoms with Gasteiger partial charge in [0.05, 0.1) is 5.92 Å². The summed E-state index contributed by atoms with van der Waals surface area (Å²) in [7, 11) is 0. The van der Waals surface area contributed by atoms with Crippen LogP contribution in [0.3, 0.4) is 0 Å². The predicted octanol–water partition coefficient (Wildman–Crippen LogP) is 4.54. The largest absolute Gasteiger partial charge is 0.481 e. The van der Waals surface area contributed by atoms with Gasteiger partial charge in [-0.25, -0.2) is 4.39 Å². The number of carboxylic acids is 1. The van der Waals surface area contributed by atoms with E-state index in [2.05, 4.69) is 0 Å². The summed E-state index contributed by atoms with van der Waals surface area (Å²) in [6, 6.07) is 10.6. The second-order valence-corrected chi connectivity index (χ2v) is 5.17. The number of carboxylic acid groups (broad SMARTS) is 1. The molecule has 2 rings (SSSR count). The van der Waals surface area contributed by atoms with E-state index in [0.717, 1.165) is 0 Å². The Kier molecular flexibility index (Phi) is 4.63. The van der Waals surface area contributed by atoms with Gasteiger partial charge in [0.25, 0.3) is 0 Å². The van der Waals surface area contributed by atoms with Crippen molar-refractivity contribution in [3.05, 3.63) is 69.5 Å². The molecule has 5 heteroatoms. The van der Waals surface area contributed by atoms with Crippen LogP contribution in [-0.4, -0.2) is 11.1 Å². The van der Waals surface area contributed by atoms with Crippen molar-refractivity contribution in [2.24, 2.45) is 0 Å². The summed E-state index contributed by atoms with van der Waals surface area (Å²) in [6.07, 6.45) is 0.0790. The van der Waals surface area contributed by atoms with E-state index in [1.165, 1.54) is 18.2 Å². The molecule has 2 aromatic carbocycles. The first-order valence-corrected chi connectivity index (χ1v) is 6.66. The Labute approximate surface area is 125 Å². The highest BCUT2D eigenvalue weighted by atomic mass is 35.5. The molecule has 0 radical (unpaired) electrons. The zero-order chi connectivity index (χ0) is 14.7. The third-order valence-electron chi connectivity index (χ3n) is 3.01. The fourth-order valence-corrected chi connectivity index (χ4v) is 2.47. The second kappa shape index (κ2) is 6.25. The number of halogens is 3. The second-order valence-electron chi connectivity index (χ2n) is 4.35. The van der Waals surface area contributed by atoms with E-state index in [9.17, 15) is 14.3 Å². The van der Waals surface area contributed by atoms with Gasteiger partial charge in [0.2, 0.25) is 0 Å². The summed E-state index contributed by atoms with van der Waals surface area (Å²) >= 11 is 12.0. The van der Waals surface area contributed by atoms with Crippen molar-refractivity contribution in [3.8, 4) is 0 Å². The number of hydrogen-bond acceptors (Lipinski definition) is 1. The third-order valence-corrected chi connectivity index (χ3v) is 3.72. The molecule has 0 bridgehead atoms. The zero-order valence-corrected chi connectivity index (χ0v) is 11.8. The molecule has 0 saturated heterocycles. The van der Waals surface area contributed by atoms with Crippen molar-refractivity contribution in [1.29, 1.82) is 0 Å². The van der Waals surface area contributed by atoms with Crippen LogP contribution in [0, 0.1) is 5.82 Å². The fraction of sp³-hybridized carbons (Fsp3) is 0.133. The predicted molar refractivity (Wildman–Crippen MR) is 76.9 cm³/mol. The van der Waals surface area contributed by atoms with E-state index in [1.807, 2.05) is 0 Å². The van der Waals surface area contributed by atoms with Gasteiger partial charge in [-0.05, 0) is 41.8 Å². The molecule has 0 aromatic heterocycles. The number of carbonyl (C=O) groups is 1. The number of aliphatic carboxylic acids is 1. The molecule has 1 N–H and O–H groups in total. The SMILES string of the molecule is O=C(O)C(Cc1cc(F)ccc1Cl)c1ccccc1Cl. The lowest BCUT2D eigenvalue weighted by Crippen LogP contribution is -2.15. The Balaban J connectivity index is 2.38. The van der Waals surface area contributed by atoms with Crippen molar-refractivity contribution in [3.63, 3.8) is 0 Å². The minimum Gasteiger partial charge on any atom is -0.481 e. The van der Waals surface area contributed by atoms with Gasteiger partial charge in [-0.2, -0.15) is 0 Å². The molecular weight excluding hydrogens is 302 g/mol. The summed E-state index contributed by atoms with van der Waals surface area (Å²) in [6.45, 7) is 0. The van der Waals surface area contributed by atoms with Gasteiger partial charge in [0, 0.05) is 10.0 Å². The average molecular weight is 313 g/mol. The van der Waals surface area contributed by atoms with Crippen LogP contribution in [0.2, 0.25) is 10.0 Å². The van der Waals surface area contributed by atoms with Crippen LogP contribution in [0.4, 0.5) is 4.39 Å². The van der Waals surface area contributed by atoms with Crippen LogP contribution in [0.5, 0.6) is 0 Å². The molecule has 0 amide bonds. The Morgan fingerprint density at radius 1 is 1.15 bits per heavy atom. The lowest BCUT2D eigenvalue weighted by Gasteiger charge is -2.15. The van der Waals surface area contributed by atoms with Crippen LogP contribution in [0.15, 0.2) is 42.5 Å². The fourth-order valence-electron chi connectivity index (χ4n) is 2.01. The van der Waals surface area contributed by atoms with Crippen LogP contribution in [-0.2, 0) is 11.2 Å². The number of benzene rings is 2. The average Bonchev–Trinajstić information content (AvgIpc) is 2.40. The minimum atomic E-state index is -1.03. The maximum absolute atomic E-state index is 13.2. The highest BCUT2D eigenvalue weighted by Gasteiger charge is 2.23. The highest BCUT2D eigenvalue weighted by molar-refractivity contribution is 6.32. The quantitative estimate of drug-likeness (QED) is 0.899. The molecule has 2 aromatic rings. The molecule has 104 valence electrons. The van der Waals surface area contributed by atoms with Gasteiger partial charge in [0.15, 0.2) is 0 Å². The molecule has 0 aliphatic carbocycles. The first kappa shape index (κ1) is 14.8. The summed E-state index contributed by atoms with van der Waals surface area (Å²) in [5.74, 6) is -2.35. The van der Waals surface area contributed by atoms with Crippen LogP contribution in [0.25, 0.3) is 0 Å². The molecule has 0 aliphatic rings. The lowest BCUT2D eigenvalue weighted by molar-refractivity contribution is -0.138. The van der Waals surface area contributed by atoms with Gasteiger partial charge < -0.3 is 5.11 Å². The Morgan fingerprint density at radius 3 is 2.50 bits per heavy atom. The smallest absolute Gasteiger partial charge is 0.311 e. The maximum Gasteiger partial charge on any atom is 0.311 e. The number of rotatable bonds is 4. The molecule has 0 fully saturated rings. The molecule has 1 atom stereocenters. The highest BCUT2D eigenvalue weighted by Crippen LogP contribution is 2.30. The van der Waals surface area contributed by atoms with E-state index >= 15 is 0 Å². The molecular formula is C15H11Cl2FO2. The van der Waals surface area contributed by atoms with Crippen LogP contribution < -0.4 is 0 Å². The Bertz CT molecular complexity index is 644. The van der Waals surface area contributed by atoms with Gasteiger partial charge in [-0.15, -0.1) is 0 Å². The zero-order valence-electron chi connectivity index (χ0n) is 10.3. The van der Waals surface area contributed by atoms with Gasteiger partial charge in [-0.1, -0.05) is 41.4 Å². The van der Waals surface area contributed by atoms with Crippen molar-refractivity contribution in [1.82, 2.24) is 0 Å². The van der Waals surface area contributed by atoms with Crippen LogP contribution >= 0.6 is 23.2 Å². The molecule has 0 aliphatic heterocycles. The minimum absolute atomic E-state index is 0.0790. The number of hydrogen-bond donors (Lipinski definition) is 1. The molecule has 0 heterocycles. The van der Waals surface area contributed by atoms with E-state index in [1.54, 1.807) is 24.3 Å². The normalized spacial score (nSPS) is 12.2. The van der Waals surface area contributed by atoms with E-state index in [4.69, 9.17) is 23.2 Å². The first-order valence-electron chi connectivity index (χ1n) is 5.90. The van der Waals surface area contributed by atoms with Crippen LogP contribution in [0.1, 0.15) is 17.0 Å². The summed E-state index contributed by atoms with van der Waals surface area (Å²) < 4.78 is 13.2. The van der Waals surface area contributed by atoms with Gasteiger partial charge >= 0.3 is 5.97 Å². The summed E-state index contributed by atoms with van der Waals surface area (Å²) in [4.78, 5) is 11.5. The Hall–Kier alpha value is -1.58. The van der Waals surface area contributed by atoms with E-state index in [-0.39, 0.29) is 6.42 Å². The topological polar surface area (TPSA) is 37.3 Å². The van der Waals surface area contributed by atoms with Crippen molar-refractivity contribution in [2.75, 3.05) is 0 Å². The molecule has 1 unspecified atom stereocenters. The van der Waals surface area contributed by atoms with Crippen molar-refractivity contribution >= 4 is 29.2 Å². The maximum atomic E-state index is 13.2. The molecule has 0 spiro atoms. The lowest BCUT2D eigenvalue weighted by atomic mass is 9.92. The van der Waals surface area contributed by atoms with Crippen molar-refractivity contribution < 1.29 is 14.3 Å².